The summed E-state index contributed by atoms with van der Waals surface area (Å²) in [6.07, 6.45) is 4.69. The normalized spacial score (nSPS) is 26.2. The predicted octanol–water partition coefficient (Wildman–Crippen LogP) is 5.51. The molecule has 1 aliphatic carbocycles. The molecule has 246 valence electrons. The van der Waals surface area contributed by atoms with E-state index in [-0.39, 0.29) is 67.1 Å². The molecule has 2 aliphatic rings. The van der Waals surface area contributed by atoms with Crippen molar-refractivity contribution in [3.8, 4) is 0 Å². The molecule has 0 spiro atoms. The Bertz CT molecular complexity index is 868. The van der Waals surface area contributed by atoms with Crippen LogP contribution in [-0.4, -0.2) is 84.3 Å². The van der Waals surface area contributed by atoms with E-state index in [2.05, 4.69) is 19.2 Å². The standard InChI is InChI=1S/C31H59N2O8P/c1-21(2)11-9-10-12-30(34)29-17-27(40-24(7)8)15-25(29)19-39-42(36,37)41-28-16-26(20-38-23(5)6)33(18-28)31(35)13-14-32-22(3)4/h21-29,32H,9-20H2,1-8H3,(H,36,37)/t25-,26-,27+,28+,29?/m0/s1. The van der Waals surface area contributed by atoms with Crippen molar-refractivity contribution >= 4 is 19.5 Å². The van der Waals surface area contributed by atoms with Gasteiger partial charge in [-0.05, 0) is 65.2 Å². The van der Waals surface area contributed by atoms with Gasteiger partial charge >= 0.3 is 7.82 Å². The van der Waals surface area contributed by atoms with Gasteiger partial charge in [-0.3, -0.25) is 18.6 Å². The third-order valence-corrected chi connectivity index (χ3v) is 8.97. The highest BCUT2D eigenvalue weighted by Crippen LogP contribution is 2.48. The number of Topliss-reactive ketones (excluding diaryl/α,β-unsaturated/α-hetero) is 1. The Morgan fingerprint density at radius 3 is 2.26 bits per heavy atom. The first-order chi connectivity index (χ1) is 19.7. The summed E-state index contributed by atoms with van der Waals surface area (Å²) in [7, 11) is -4.43. The Hall–Kier alpha value is -0.870. The van der Waals surface area contributed by atoms with Crippen molar-refractivity contribution in [1.82, 2.24) is 10.2 Å². The number of carbonyl (C=O) groups excluding carboxylic acids is 2. The van der Waals surface area contributed by atoms with Crippen molar-refractivity contribution in [3.63, 3.8) is 0 Å². The van der Waals surface area contributed by atoms with Gasteiger partial charge < -0.3 is 24.6 Å². The highest BCUT2D eigenvalue weighted by Gasteiger charge is 2.43. The lowest BCUT2D eigenvalue weighted by Crippen LogP contribution is -2.40. The van der Waals surface area contributed by atoms with E-state index in [1.54, 1.807) is 4.90 Å². The molecule has 0 aromatic rings. The molecule has 11 heteroatoms. The number of ketones is 1. The number of nitrogens with zero attached hydrogens (tertiary/aromatic N) is 1. The van der Waals surface area contributed by atoms with Gasteiger partial charge in [-0.15, -0.1) is 0 Å². The molecule has 42 heavy (non-hydrogen) atoms. The van der Waals surface area contributed by atoms with Gasteiger partial charge in [-0.2, -0.15) is 0 Å². The zero-order valence-electron chi connectivity index (χ0n) is 27.4. The quantitative estimate of drug-likeness (QED) is 0.134. The Morgan fingerprint density at radius 2 is 1.64 bits per heavy atom. The van der Waals surface area contributed by atoms with Crippen LogP contribution < -0.4 is 5.32 Å². The second kappa shape index (κ2) is 18.2. The molecule has 0 bridgehead atoms. The van der Waals surface area contributed by atoms with Crippen LogP contribution >= 0.6 is 7.82 Å². The molecule has 6 atom stereocenters. The lowest BCUT2D eigenvalue weighted by atomic mass is 9.89. The molecule has 1 heterocycles. The lowest BCUT2D eigenvalue weighted by molar-refractivity contribution is -0.133. The Kier molecular flexibility index (Phi) is 16.2. The minimum absolute atomic E-state index is 0.00224. The molecule has 1 aliphatic heterocycles. The SMILES string of the molecule is CC(C)CCCCC(=O)C1C[C@H](OC(C)C)C[C@H]1COP(=O)(O)O[C@@H]1C[C@@H](COC(C)C)N(C(=O)CCNC(C)C)C1. The zero-order chi connectivity index (χ0) is 31.4. The number of phosphoric ester groups is 1. The monoisotopic (exact) mass is 618 g/mol. The highest BCUT2D eigenvalue weighted by molar-refractivity contribution is 7.47. The maximum Gasteiger partial charge on any atom is 0.472 e. The summed E-state index contributed by atoms with van der Waals surface area (Å²) < 4.78 is 36.0. The molecule has 0 aromatic carbocycles. The van der Waals surface area contributed by atoms with Crippen molar-refractivity contribution in [2.45, 2.75) is 143 Å². The molecule has 1 amide bonds. The number of amides is 1. The number of phosphoric acid groups is 1. The molecule has 1 saturated carbocycles. The average molecular weight is 619 g/mol. The Morgan fingerprint density at radius 1 is 0.929 bits per heavy atom. The predicted molar refractivity (Wildman–Crippen MR) is 164 cm³/mol. The van der Waals surface area contributed by atoms with Gasteiger partial charge in [0.25, 0.3) is 0 Å². The maximum absolute atomic E-state index is 13.2. The summed E-state index contributed by atoms with van der Waals surface area (Å²) in [5.41, 5.74) is 0. The second-order valence-electron chi connectivity index (χ2n) is 13.4. The van der Waals surface area contributed by atoms with Crippen LogP contribution in [0.5, 0.6) is 0 Å². The largest absolute Gasteiger partial charge is 0.472 e. The number of likely N-dealkylation sites (tertiary alicyclic amines) is 1. The van der Waals surface area contributed by atoms with Crippen molar-refractivity contribution in [2.24, 2.45) is 17.8 Å². The number of ether oxygens (including phenoxy) is 2. The maximum atomic E-state index is 13.2. The number of unbranched alkanes of at least 4 members (excludes halogenated alkanes) is 1. The van der Waals surface area contributed by atoms with Crippen molar-refractivity contribution in [3.05, 3.63) is 0 Å². The molecular weight excluding hydrogens is 559 g/mol. The molecular formula is C31H59N2O8P. The van der Waals surface area contributed by atoms with Crippen LogP contribution in [0, 0.1) is 17.8 Å². The van der Waals surface area contributed by atoms with Gasteiger partial charge in [0.1, 0.15) is 5.78 Å². The van der Waals surface area contributed by atoms with Crippen LogP contribution in [0.1, 0.15) is 107 Å². The summed E-state index contributed by atoms with van der Waals surface area (Å²) >= 11 is 0. The van der Waals surface area contributed by atoms with Gasteiger partial charge in [0, 0.05) is 37.9 Å². The summed E-state index contributed by atoms with van der Waals surface area (Å²) in [4.78, 5) is 38.5. The Balaban J connectivity index is 1.98. The first kappa shape index (κ1) is 37.3. The highest BCUT2D eigenvalue weighted by atomic mass is 31.2. The van der Waals surface area contributed by atoms with Gasteiger partial charge in [-0.1, -0.05) is 40.5 Å². The van der Waals surface area contributed by atoms with E-state index in [9.17, 15) is 19.0 Å². The minimum Gasteiger partial charge on any atom is -0.377 e. The summed E-state index contributed by atoms with van der Waals surface area (Å²) in [6.45, 7) is 17.3. The van der Waals surface area contributed by atoms with Gasteiger partial charge in [0.05, 0.1) is 43.7 Å². The van der Waals surface area contributed by atoms with E-state index >= 15 is 0 Å². The third kappa shape index (κ3) is 13.8. The summed E-state index contributed by atoms with van der Waals surface area (Å²) in [5, 5.41) is 3.25. The molecule has 2 rings (SSSR count). The molecule has 2 N–H and O–H groups in total. The topological polar surface area (TPSA) is 124 Å². The molecule has 2 fully saturated rings. The van der Waals surface area contributed by atoms with Crippen LogP contribution in [0.4, 0.5) is 0 Å². The lowest BCUT2D eigenvalue weighted by Gasteiger charge is -2.25. The summed E-state index contributed by atoms with van der Waals surface area (Å²) in [5.74, 6) is 0.278. The summed E-state index contributed by atoms with van der Waals surface area (Å²) in [6, 6.07) is 0.0298. The van der Waals surface area contributed by atoms with Crippen LogP contribution in [0.15, 0.2) is 0 Å². The minimum atomic E-state index is -4.43. The number of hydrogen-bond donors (Lipinski definition) is 2. The van der Waals surface area contributed by atoms with E-state index in [1.165, 1.54) is 0 Å². The van der Waals surface area contributed by atoms with Gasteiger partial charge in [0.2, 0.25) is 5.91 Å². The average Bonchev–Trinajstić information content (AvgIpc) is 3.46. The van der Waals surface area contributed by atoms with Gasteiger partial charge in [-0.25, -0.2) is 4.57 Å². The number of carbonyl (C=O) groups is 2. The molecule has 0 aromatic heterocycles. The third-order valence-electron chi connectivity index (χ3n) is 7.93. The van der Waals surface area contributed by atoms with E-state index in [1.807, 2.05) is 41.5 Å². The zero-order valence-corrected chi connectivity index (χ0v) is 28.3. The van der Waals surface area contributed by atoms with Crippen LogP contribution in [-0.2, 0) is 32.7 Å². The number of hydrogen-bond acceptors (Lipinski definition) is 8. The number of rotatable bonds is 20. The number of nitrogens with one attached hydrogen (secondary N) is 1. The molecule has 1 saturated heterocycles. The van der Waals surface area contributed by atoms with E-state index in [4.69, 9.17) is 18.5 Å². The van der Waals surface area contributed by atoms with E-state index in [0.29, 0.717) is 51.2 Å². The Labute approximate surface area is 254 Å². The van der Waals surface area contributed by atoms with Crippen molar-refractivity contribution in [2.75, 3.05) is 26.3 Å². The molecule has 2 unspecified atom stereocenters. The van der Waals surface area contributed by atoms with Crippen LogP contribution in [0.25, 0.3) is 0 Å². The fraction of sp³-hybridized carbons (Fsp3) is 0.935. The van der Waals surface area contributed by atoms with Crippen molar-refractivity contribution in [1.29, 1.82) is 0 Å². The van der Waals surface area contributed by atoms with E-state index in [0.717, 1.165) is 19.3 Å². The van der Waals surface area contributed by atoms with Crippen LogP contribution in [0.3, 0.4) is 0 Å². The fourth-order valence-corrected chi connectivity index (χ4v) is 6.89. The molecule has 10 nitrogen and oxygen atoms in total. The smallest absolute Gasteiger partial charge is 0.377 e. The molecule has 0 radical (unpaired) electrons. The second-order valence-corrected chi connectivity index (χ2v) is 14.8. The van der Waals surface area contributed by atoms with Crippen LogP contribution in [0.2, 0.25) is 0 Å². The first-order valence-electron chi connectivity index (χ1n) is 16.1. The van der Waals surface area contributed by atoms with Crippen molar-refractivity contribution < 1.29 is 37.6 Å². The van der Waals surface area contributed by atoms with Gasteiger partial charge in [0.15, 0.2) is 0 Å². The van der Waals surface area contributed by atoms with E-state index < -0.39 is 13.9 Å². The fourth-order valence-electron chi connectivity index (χ4n) is 5.92. The first-order valence-corrected chi connectivity index (χ1v) is 17.6.